The molecule has 1 aliphatic rings. The number of rotatable bonds is 4. The molecule has 0 saturated heterocycles. The fourth-order valence-corrected chi connectivity index (χ4v) is 3.36. The Balaban J connectivity index is 1.77. The lowest BCUT2D eigenvalue weighted by Gasteiger charge is -2.08. The number of carbonyl (C=O) groups excluding carboxylic acids is 1. The van der Waals surface area contributed by atoms with Crippen molar-refractivity contribution in [2.24, 2.45) is 0 Å². The van der Waals surface area contributed by atoms with Gasteiger partial charge in [-0.15, -0.1) is 10.2 Å². The molecule has 0 radical (unpaired) electrons. The summed E-state index contributed by atoms with van der Waals surface area (Å²) in [5.74, 6) is 1.29. The third-order valence-corrected chi connectivity index (χ3v) is 4.47. The molecule has 1 aliphatic heterocycles. The van der Waals surface area contributed by atoms with Crippen LogP contribution in [0.3, 0.4) is 0 Å². The summed E-state index contributed by atoms with van der Waals surface area (Å²) in [4.78, 5) is 15.6. The van der Waals surface area contributed by atoms with Crippen LogP contribution in [0.1, 0.15) is 29.9 Å². The molecule has 1 aromatic carbocycles. The number of H-pyrrole nitrogens is 1. The summed E-state index contributed by atoms with van der Waals surface area (Å²) < 4.78 is 11.7. The molecular weight excluding hydrogens is 328 g/mol. The van der Waals surface area contributed by atoms with Gasteiger partial charge in [0.05, 0.1) is 12.1 Å². The minimum Gasteiger partial charge on any atom is -0.493 e. The molecule has 0 bridgehead atoms. The Morgan fingerprint density at radius 3 is 3.17 bits per heavy atom. The molecule has 1 atom stereocenters. The molecule has 3 heterocycles. The molecule has 0 fully saturated rings. The summed E-state index contributed by atoms with van der Waals surface area (Å²) in [5, 5.41) is 11.6. The van der Waals surface area contributed by atoms with Gasteiger partial charge in [0.15, 0.2) is 0 Å². The van der Waals surface area contributed by atoms with Gasteiger partial charge in [0.1, 0.15) is 28.8 Å². The molecular formula is C16H16N4O3S. The van der Waals surface area contributed by atoms with Crippen LogP contribution in [0.25, 0.3) is 10.9 Å². The van der Waals surface area contributed by atoms with Gasteiger partial charge in [0.25, 0.3) is 5.91 Å². The number of ether oxygens (including phenoxy) is 2. The summed E-state index contributed by atoms with van der Waals surface area (Å²) in [6.07, 6.45) is 0.943. The summed E-state index contributed by atoms with van der Waals surface area (Å²) in [5.41, 5.74) is 3.88. The van der Waals surface area contributed by atoms with E-state index >= 15 is 0 Å². The minimum atomic E-state index is -0.273. The van der Waals surface area contributed by atoms with Crippen molar-refractivity contribution in [1.82, 2.24) is 15.2 Å². The molecule has 0 unspecified atom stereocenters. The number of benzene rings is 1. The van der Waals surface area contributed by atoms with E-state index < -0.39 is 0 Å². The SMILES string of the molecule is CCOc1cc2c(c3[nH]c(C(=O)Nc4nncs4)cc13)O[C@@H](C)C2. The average molecular weight is 344 g/mol. The number of fused-ring (bicyclic) bond motifs is 3. The Bertz CT molecular complexity index is 904. The topological polar surface area (TPSA) is 89.1 Å². The van der Waals surface area contributed by atoms with E-state index in [2.05, 4.69) is 20.5 Å². The second kappa shape index (κ2) is 5.79. The van der Waals surface area contributed by atoms with Crippen molar-refractivity contribution in [3.63, 3.8) is 0 Å². The highest BCUT2D eigenvalue weighted by Gasteiger charge is 2.26. The lowest BCUT2D eigenvalue weighted by molar-refractivity contribution is 0.102. The molecule has 0 aliphatic carbocycles. The van der Waals surface area contributed by atoms with Crippen LogP contribution in [-0.2, 0) is 6.42 Å². The van der Waals surface area contributed by atoms with Crippen molar-refractivity contribution in [1.29, 1.82) is 0 Å². The zero-order chi connectivity index (χ0) is 16.7. The van der Waals surface area contributed by atoms with Crippen LogP contribution in [0.4, 0.5) is 5.13 Å². The van der Waals surface area contributed by atoms with E-state index in [9.17, 15) is 4.79 Å². The maximum atomic E-state index is 12.4. The van der Waals surface area contributed by atoms with Gasteiger partial charge in [0.2, 0.25) is 5.13 Å². The largest absolute Gasteiger partial charge is 0.493 e. The van der Waals surface area contributed by atoms with Crippen LogP contribution in [0.15, 0.2) is 17.6 Å². The van der Waals surface area contributed by atoms with Gasteiger partial charge < -0.3 is 14.5 Å². The fourth-order valence-electron chi connectivity index (χ4n) is 2.92. The normalized spacial score (nSPS) is 16.0. The van der Waals surface area contributed by atoms with Crippen LogP contribution in [0.2, 0.25) is 0 Å². The van der Waals surface area contributed by atoms with Gasteiger partial charge in [-0.2, -0.15) is 0 Å². The Hall–Kier alpha value is -2.61. The lowest BCUT2D eigenvalue weighted by Crippen LogP contribution is -2.12. The van der Waals surface area contributed by atoms with Gasteiger partial charge in [-0.05, 0) is 26.0 Å². The van der Waals surface area contributed by atoms with Crippen molar-refractivity contribution >= 4 is 33.3 Å². The highest BCUT2D eigenvalue weighted by atomic mass is 32.1. The lowest BCUT2D eigenvalue weighted by atomic mass is 10.1. The number of hydrogen-bond acceptors (Lipinski definition) is 6. The van der Waals surface area contributed by atoms with E-state index in [0.29, 0.717) is 17.4 Å². The number of aromatic amines is 1. The Kier molecular flexibility index (Phi) is 3.61. The van der Waals surface area contributed by atoms with Gasteiger partial charge in [-0.1, -0.05) is 11.3 Å². The summed E-state index contributed by atoms with van der Waals surface area (Å²) >= 11 is 1.27. The number of hydrogen-bond donors (Lipinski definition) is 2. The average Bonchev–Trinajstić information content (AvgIpc) is 3.25. The van der Waals surface area contributed by atoms with Crippen LogP contribution < -0.4 is 14.8 Å². The fraction of sp³-hybridized carbons (Fsp3) is 0.312. The molecule has 124 valence electrons. The van der Waals surface area contributed by atoms with E-state index in [0.717, 1.165) is 34.4 Å². The van der Waals surface area contributed by atoms with E-state index in [1.54, 1.807) is 11.6 Å². The van der Waals surface area contributed by atoms with E-state index in [4.69, 9.17) is 9.47 Å². The highest BCUT2D eigenvalue weighted by Crippen LogP contribution is 2.41. The molecule has 2 aromatic heterocycles. The number of carbonyl (C=O) groups is 1. The summed E-state index contributed by atoms with van der Waals surface area (Å²) in [6, 6.07) is 3.79. The number of nitrogens with one attached hydrogen (secondary N) is 2. The highest BCUT2D eigenvalue weighted by molar-refractivity contribution is 7.13. The first-order valence-corrected chi connectivity index (χ1v) is 8.59. The van der Waals surface area contributed by atoms with Crippen molar-refractivity contribution in [3.8, 4) is 11.5 Å². The van der Waals surface area contributed by atoms with Crippen LogP contribution in [-0.4, -0.2) is 33.8 Å². The zero-order valence-electron chi connectivity index (χ0n) is 13.3. The number of nitrogens with zero attached hydrogens (tertiary/aromatic N) is 2. The van der Waals surface area contributed by atoms with Crippen molar-refractivity contribution in [3.05, 3.63) is 28.9 Å². The number of anilines is 1. The maximum Gasteiger partial charge on any atom is 0.273 e. The third-order valence-electron chi connectivity index (χ3n) is 3.86. The van der Waals surface area contributed by atoms with Gasteiger partial charge in [-0.25, -0.2) is 0 Å². The van der Waals surface area contributed by atoms with Crippen LogP contribution >= 0.6 is 11.3 Å². The molecule has 7 nitrogen and oxygen atoms in total. The predicted molar refractivity (Wildman–Crippen MR) is 91.1 cm³/mol. The van der Waals surface area contributed by atoms with Gasteiger partial charge in [-0.3, -0.25) is 10.1 Å². The summed E-state index contributed by atoms with van der Waals surface area (Å²) in [7, 11) is 0. The number of aromatic nitrogens is 3. The van der Waals surface area contributed by atoms with Gasteiger partial charge in [0, 0.05) is 17.4 Å². The Morgan fingerprint density at radius 1 is 1.54 bits per heavy atom. The zero-order valence-corrected chi connectivity index (χ0v) is 14.1. The molecule has 0 spiro atoms. The molecule has 1 amide bonds. The van der Waals surface area contributed by atoms with Crippen molar-refractivity contribution in [2.75, 3.05) is 11.9 Å². The second-order valence-electron chi connectivity index (χ2n) is 5.60. The van der Waals surface area contributed by atoms with E-state index in [-0.39, 0.29) is 12.0 Å². The molecule has 24 heavy (non-hydrogen) atoms. The van der Waals surface area contributed by atoms with Crippen LogP contribution in [0, 0.1) is 0 Å². The first-order chi connectivity index (χ1) is 11.7. The number of amides is 1. The van der Waals surface area contributed by atoms with Crippen LogP contribution in [0.5, 0.6) is 11.5 Å². The molecule has 0 saturated carbocycles. The molecule has 3 aromatic rings. The molecule has 2 N–H and O–H groups in total. The predicted octanol–water partition coefficient (Wildman–Crippen LogP) is 2.99. The Labute approximate surface area is 142 Å². The van der Waals surface area contributed by atoms with Crippen molar-refractivity contribution in [2.45, 2.75) is 26.4 Å². The third kappa shape index (κ3) is 2.48. The smallest absolute Gasteiger partial charge is 0.273 e. The minimum absolute atomic E-state index is 0.113. The van der Waals surface area contributed by atoms with E-state index in [1.165, 1.54) is 11.3 Å². The summed E-state index contributed by atoms with van der Waals surface area (Å²) in [6.45, 7) is 4.52. The monoisotopic (exact) mass is 344 g/mol. The standard InChI is InChI=1S/C16H16N4O3S/c1-3-22-12-5-9-4-8(2)23-14(9)13-10(12)6-11(18-13)15(21)19-16-20-17-7-24-16/h5-8,18H,3-4H2,1-2H3,(H,19,20,21)/t8-/m0/s1. The molecule has 4 rings (SSSR count). The van der Waals surface area contributed by atoms with E-state index in [1.807, 2.05) is 19.9 Å². The van der Waals surface area contributed by atoms with Gasteiger partial charge >= 0.3 is 0 Å². The maximum absolute atomic E-state index is 12.4. The molecule has 8 heteroatoms. The quantitative estimate of drug-likeness (QED) is 0.759. The first kappa shape index (κ1) is 14.9. The Morgan fingerprint density at radius 2 is 2.42 bits per heavy atom. The second-order valence-corrected chi connectivity index (χ2v) is 6.43. The first-order valence-electron chi connectivity index (χ1n) is 7.71. The van der Waals surface area contributed by atoms with Crippen molar-refractivity contribution < 1.29 is 14.3 Å².